The quantitative estimate of drug-likeness (QED) is 0.781. The average molecular weight is 286 g/mol. The number of methoxy groups -OCH3 is 1. The predicted molar refractivity (Wildman–Crippen MR) is 67.5 cm³/mol. The highest BCUT2D eigenvalue weighted by molar-refractivity contribution is 9.09. The van der Waals surface area contributed by atoms with E-state index in [1.54, 1.807) is 13.4 Å². The van der Waals surface area contributed by atoms with E-state index >= 15 is 0 Å². The van der Waals surface area contributed by atoms with Crippen LogP contribution >= 0.6 is 15.9 Å². The molecule has 0 aliphatic carbocycles. The molecule has 4 nitrogen and oxygen atoms in total. The predicted octanol–water partition coefficient (Wildman–Crippen LogP) is 2.16. The Labute approximate surface area is 104 Å². The molecule has 1 aromatic heterocycles. The van der Waals surface area contributed by atoms with E-state index < -0.39 is 0 Å². The zero-order valence-corrected chi connectivity index (χ0v) is 11.2. The van der Waals surface area contributed by atoms with Crippen molar-refractivity contribution in [2.45, 2.75) is 24.6 Å². The minimum Gasteiger partial charge on any atom is -0.481 e. The molecular weight excluding hydrogens is 270 g/mol. The zero-order chi connectivity index (χ0) is 11.5. The molecule has 1 saturated heterocycles. The first-order chi connectivity index (χ1) is 7.72. The lowest BCUT2D eigenvalue weighted by molar-refractivity contribution is 0.393. The van der Waals surface area contributed by atoms with Gasteiger partial charge in [0.1, 0.15) is 12.1 Å². The molecule has 0 amide bonds. The summed E-state index contributed by atoms with van der Waals surface area (Å²) in [4.78, 5) is 11.4. The molecular formula is C11H16BrN3O. The molecule has 0 unspecified atom stereocenters. The number of hydrogen-bond acceptors (Lipinski definition) is 4. The Bertz CT molecular complexity index is 364. The summed E-state index contributed by atoms with van der Waals surface area (Å²) >= 11 is 3.65. The average Bonchev–Trinajstić information content (AvgIpc) is 2.31. The van der Waals surface area contributed by atoms with E-state index in [1.165, 1.54) is 0 Å². The normalized spacial score (nSPS) is 17.6. The van der Waals surface area contributed by atoms with Crippen molar-refractivity contribution in [3.63, 3.8) is 0 Å². The molecule has 1 aromatic rings. The van der Waals surface area contributed by atoms with Crippen LogP contribution in [0.25, 0.3) is 0 Å². The van der Waals surface area contributed by atoms with Crippen molar-refractivity contribution in [3.8, 4) is 5.88 Å². The van der Waals surface area contributed by atoms with E-state index in [9.17, 15) is 0 Å². The van der Waals surface area contributed by atoms with Gasteiger partial charge in [-0.15, -0.1) is 0 Å². The Kier molecular flexibility index (Phi) is 3.63. The standard InChI is InChI=1S/C11H16BrN3O/c1-8-10(13-7-14-11(8)16-2)15-5-3-9(12)4-6-15/h7,9H,3-6H2,1-2H3. The third kappa shape index (κ3) is 2.29. The Morgan fingerprint density at radius 2 is 2.06 bits per heavy atom. The molecule has 0 bridgehead atoms. The molecule has 1 fully saturated rings. The van der Waals surface area contributed by atoms with Crippen molar-refractivity contribution in [1.29, 1.82) is 0 Å². The summed E-state index contributed by atoms with van der Waals surface area (Å²) in [7, 11) is 1.64. The van der Waals surface area contributed by atoms with Crippen LogP contribution in [0, 0.1) is 6.92 Å². The van der Waals surface area contributed by atoms with Gasteiger partial charge in [0.15, 0.2) is 0 Å². The first kappa shape index (κ1) is 11.6. The molecule has 2 rings (SSSR count). The van der Waals surface area contributed by atoms with Crippen molar-refractivity contribution < 1.29 is 4.74 Å². The van der Waals surface area contributed by atoms with Crippen molar-refractivity contribution in [3.05, 3.63) is 11.9 Å². The smallest absolute Gasteiger partial charge is 0.221 e. The number of rotatable bonds is 2. The largest absolute Gasteiger partial charge is 0.481 e. The molecule has 0 N–H and O–H groups in total. The number of nitrogens with zero attached hydrogens (tertiary/aromatic N) is 3. The highest BCUT2D eigenvalue weighted by atomic mass is 79.9. The molecule has 5 heteroatoms. The number of piperidine rings is 1. The highest BCUT2D eigenvalue weighted by Crippen LogP contribution is 2.27. The summed E-state index contributed by atoms with van der Waals surface area (Å²) in [5, 5.41) is 0. The van der Waals surface area contributed by atoms with Gasteiger partial charge in [-0.1, -0.05) is 15.9 Å². The van der Waals surface area contributed by atoms with Crippen LogP contribution in [0.15, 0.2) is 6.33 Å². The van der Waals surface area contributed by atoms with Crippen molar-refractivity contribution in [1.82, 2.24) is 9.97 Å². The molecule has 0 atom stereocenters. The van der Waals surface area contributed by atoms with Crippen LogP contribution in [0.3, 0.4) is 0 Å². The van der Waals surface area contributed by atoms with E-state index in [0.29, 0.717) is 10.7 Å². The highest BCUT2D eigenvalue weighted by Gasteiger charge is 2.20. The maximum absolute atomic E-state index is 5.21. The van der Waals surface area contributed by atoms with Gasteiger partial charge in [0.25, 0.3) is 0 Å². The molecule has 0 aromatic carbocycles. The second-order valence-electron chi connectivity index (χ2n) is 3.99. The summed E-state index contributed by atoms with van der Waals surface area (Å²) in [5.74, 6) is 1.68. The number of alkyl halides is 1. The van der Waals surface area contributed by atoms with Gasteiger partial charge >= 0.3 is 0 Å². The van der Waals surface area contributed by atoms with Crippen molar-refractivity contribution in [2.75, 3.05) is 25.1 Å². The first-order valence-electron chi connectivity index (χ1n) is 5.47. The Morgan fingerprint density at radius 3 is 2.69 bits per heavy atom. The number of hydrogen-bond donors (Lipinski definition) is 0. The van der Waals surface area contributed by atoms with Crippen LogP contribution in [-0.2, 0) is 0 Å². The Balaban J connectivity index is 2.20. The van der Waals surface area contributed by atoms with Gasteiger partial charge in [-0.2, -0.15) is 0 Å². The fourth-order valence-electron chi connectivity index (χ4n) is 2.01. The maximum Gasteiger partial charge on any atom is 0.221 e. The number of anilines is 1. The Morgan fingerprint density at radius 1 is 1.38 bits per heavy atom. The van der Waals surface area contributed by atoms with Crippen molar-refractivity contribution in [2.24, 2.45) is 0 Å². The van der Waals surface area contributed by atoms with Gasteiger partial charge in [-0.25, -0.2) is 9.97 Å². The topological polar surface area (TPSA) is 38.3 Å². The lowest BCUT2D eigenvalue weighted by Crippen LogP contribution is -2.35. The summed E-state index contributed by atoms with van der Waals surface area (Å²) in [6, 6.07) is 0. The summed E-state index contributed by atoms with van der Waals surface area (Å²) < 4.78 is 5.21. The van der Waals surface area contributed by atoms with Gasteiger partial charge in [0.2, 0.25) is 5.88 Å². The number of ether oxygens (including phenoxy) is 1. The first-order valence-corrected chi connectivity index (χ1v) is 6.38. The van der Waals surface area contributed by atoms with Crippen LogP contribution in [0.2, 0.25) is 0 Å². The second-order valence-corrected chi connectivity index (χ2v) is 5.29. The molecule has 88 valence electrons. The number of aromatic nitrogens is 2. The molecule has 2 heterocycles. The zero-order valence-electron chi connectivity index (χ0n) is 9.61. The molecule has 0 radical (unpaired) electrons. The van der Waals surface area contributed by atoms with Crippen LogP contribution in [-0.4, -0.2) is 35.0 Å². The summed E-state index contributed by atoms with van der Waals surface area (Å²) in [5.41, 5.74) is 1.03. The monoisotopic (exact) mass is 285 g/mol. The lowest BCUT2D eigenvalue weighted by Gasteiger charge is -2.31. The fraction of sp³-hybridized carbons (Fsp3) is 0.636. The van der Waals surface area contributed by atoms with Crippen LogP contribution in [0.1, 0.15) is 18.4 Å². The summed E-state index contributed by atoms with van der Waals surface area (Å²) in [6.07, 6.45) is 3.89. The fourth-order valence-corrected chi connectivity index (χ4v) is 2.42. The third-order valence-electron chi connectivity index (χ3n) is 2.93. The van der Waals surface area contributed by atoms with Crippen molar-refractivity contribution >= 4 is 21.7 Å². The van der Waals surface area contributed by atoms with Crippen LogP contribution < -0.4 is 9.64 Å². The lowest BCUT2D eigenvalue weighted by atomic mass is 10.1. The van der Waals surface area contributed by atoms with E-state index in [-0.39, 0.29) is 0 Å². The van der Waals surface area contributed by atoms with E-state index in [1.807, 2.05) is 6.92 Å². The van der Waals surface area contributed by atoms with E-state index in [0.717, 1.165) is 37.3 Å². The Hall–Kier alpha value is -0.840. The van der Waals surface area contributed by atoms with E-state index in [4.69, 9.17) is 4.74 Å². The minimum atomic E-state index is 0.646. The molecule has 1 aliphatic heterocycles. The van der Waals surface area contributed by atoms with Gasteiger partial charge in [-0.3, -0.25) is 0 Å². The van der Waals surface area contributed by atoms with Crippen LogP contribution in [0.5, 0.6) is 5.88 Å². The molecule has 0 saturated carbocycles. The number of halogens is 1. The van der Waals surface area contributed by atoms with Gasteiger partial charge in [0, 0.05) is 17.9 Å². The summed E-state index contributed by atoms with van der Waals surface area (Å²) in [6.45, 7) is 4.09. The minimum absolute atomic E-state index is 0.646. The molecule has 0 spiro atoms. The van der Waals surface area contributed by atoms with Gasteiger partial charge < -0.3 is 9.64 Å². The second kappa shape index (κ2) is 4.99. The third-order valence-corrected chi connectivity index (χ3v) is 3.84. The molecule has 1 aliphatic rings. The van der Waals surface area contributed by atoms with Gasteiger partial charge in [-0.05, 0) is 19.8 Å². The SMILES string of the molecule is COc1ncnc(N2CCC(Br)CC2)c1C. The molecule has 16 heavy (non-hydrogen) atoms. The van der Waals surface area contributed by atoms with Gasteiger partial charge in [0.05, 0.1) is 12.7 Å². The maximum atomic E-state index is 5.21. The van der Waals surface area contributed by atoms with E-state index in [2.05, 4.69) is 30.8 Å². The van der Waals surface area contributed by atoms with Crippen LogP contribution in [0.4, 0.5) is 5.82 Å².